The van der Waals surface area contributed by atoms with Gasteiger partial charge in [-0.3, -0.25) is 15.1 Å². The molecule has 26 heavy (non-hydrogen) atoms. The number of pyridine rings is 1. The van der Waals surface area contributed by atoms with Crippen LogP contribution in [0.25, 0.3) is 33.6 Å². The summed E-state index contributed by atoms with van der Waals surface area (Å²) < 4.78 is 5.94. The molecule has 2 aromatic carbocycles. The van der Waals surface area contributed by atoms with E-state index in [4.69, 9.17) is 9.68 Å². The standard InChI is InChI=1S/C20H11N3O3/c21-12-13-3-5-14(6-4-13)18-9-10-19(26-18)16-7-8-17(23(24)25)15-2-1-11-22-20(15)16/h1-11H. The number of non-ortho nitro benzene ring substituents is 1. The largest absolute Gasteiger partial charge is 0.456 e. The van der Waals surface area contributed by atoms with Gasteiger partial charge in [-0.25, -0.2) is 0 Å². The van der Waals surface area contributed by atoms with Gasteiger partial charge in [0.25, 0.3) is 5.69 Å². The normalized spacial score (nSPS) is 10.6. The van der Waals surface area contributed by atoms with E-state index in [0.717, 1.165) is 5.56 Å². The molecule has 0 saturated carbocycles. The fourth-order valence-electron chi connectivity index (χ4n) is 2.86. The third-order valence-electron chi connectivity index (χ3n) is 4.11. The topological polar surface area (TPSA) is 93.0 Å². The fraction of sp³-hybridized carbons (Fsp3) is 0. The predicted molar refractivity (Wildman–Crippen MR) is 96.3 cm³/mol. The van der Waals surface area contributed by atoms with E-state index in [9.17, 15) is 10.1 Å². The Labute approximate surface area is 148 Å². The lowest BCUT2D eigenvalue weighted by Gasteiger charge is -2.04. The van der Waals surface area contributed by atoms with E-state index in [1.165, 1.54) is 6.07 Å². The molecule has 0 aliphatic carbocycles. The minimum atomic E-state index is -0.419. The Morgan fingerprint density at radius 2 is 1.77 bits per heavy atom. The number of nitro benzene ring substituents is 1. The van der Waals surface area contributed by atoms with Gasteiger partial charge in [0.05, 0.1) is 27.5 Å². The summed E-state index contributed by atoms with van der Waals surface area (Å²) in [4.78, 5) is 15.1. The minimum absolute atomic E-state index is 0.00993. The molecule has 0 aliphatic heterocycles. The van der Waals surface area contributed by atoms with Gasteiger partial charge < -0.3 is 4.42 Å². The quantitative estimate of drug-likeness (QED) is 0.388. The number of aromatic nitrogens is 1. The summed E-state index contributed by atoms with van der Waals surface area (Å²) in [6.07, 6.45) is 1.60. The molecule has 0 spiro atoms. The summed E-state index contributed by atoms with van der Waals surface area (Å²) in [5.74, 6) is 1.22. The molecule has 4 rings (SSSR count). The van der Waals surface area contributed by atoms with Gasteiger partial charge in [-0.15, -0.1) is 0 Å². The molecule has 2 heterocycles. The van der Waals surface area contributed by atoms with E-state index < -0.39 is 4.92 Å². The van der Waals surface area contributed by atoms with Gasteiger partial charge in [-0.2, -0.15) is 5.26 Å². The first-order valence-electron chi connectivity index (χ1n) is 7.80. The van der Waals surface area contributed by atoms with Crippen molar-refractivity contribution in [1.82, 2.24) is 4.98 Å². The maximum absolute atomic E-state index is 11.2. The summed E-state index contributed by atoms with van der Waals surface area (Å²) in [7, 11) is 0. The van der Waals surface area contributed by atoms with Crippen molar-refractivity contribution in [2.45, 2.75) is 0 Å². The van der Waals surface area contributed by atoms with Gasteiger partial charge >= 0.3 is 0 Å². The Bertz CT molecular complexity index is 1170. The number of nitriles is 1. The Morgan fingerprint density at radius 3 is 2.50 bits per heavy atom. The van der Waals surface area contributed by atoms with Gasteiger partial charge in [0, 0.05) is 23.4 Å². The summed E-state index contributed by atoms with van der Waals surface area (Å²) in [6.45, 7) is 0. The van der Waals surface area contributed by atoms with E-state index in [0.29, 0.717) is 33.6 Å². The van der Waals surface area contributed by atoms with E-state index in [1.807, 2.05) is 24.3 Å². The molecule has 0 radical (unpaired) electrons. The van der Waals surface area contributed by atoms with Crippen LogP contribution in [-0.2, 0) is 0 Å². The van der Waals surface area contributed by atoms with Crippen LogP contribution in [0.4, 0.5) is 5.69 Å². The van der Waals surface area contributed by atoms with Crippen LogP contribution >= 0.6 is 0 Å². The average molecular weight is 341 g/mol. The van der Waals surface area contributed by atoms with Gasteiger partial charge in [0.15, 0.2) is 0 Å². The fourth-order valence-corrected chi connectivity index (χ4v) is 2.86. The smallest absolute Gasteiger partial charge is 0.278 e. The maximum atomic E-state index is 11.2. The van der Waals surface area contributed by atoms with Crippen molar-refractivity contribution in [1.29, 1.82) is 5.26 Å². The molecule has 0 saturated heterocycles. The Morgan fingerprint density at radius 1 is 1.00 bits per heavy atom. The van der Waals surface area contributed by atoms with E-state index in [1.54, 1.807) is 36.5 Å². The number of rotatable bonds is 3. The first-order valence-corrected chi connectivity index (χ1v) is 7.80. The van der Waals surface area contributed by atoms with Crippen LogP contribution < -0.4 is 0 Å². The highest BCUT2D eigenvalue weighted by atomic mass is 16.6. The zero-order chi connectivity index (χ0) is 18.1. The van der Waals surface area contributed by atoms with Crippen LogP contribution in [0.1, 0.15) is 5.56 Å². The molecular weight excluding hydrogens is 330 g/mol. The third kappa shape index (κ3) is 2.58. The van der Waals surface area contributed by atoms with Crippen LogP contribution in [0.2, 0.25) is 0 Å². The second-order valence-corrected chi connectivity index (χ2v) is 5.64. The lowest BCUT2D eigenvalue weighted by atomic mass is 10.1. The monoisotopic (exact) mass is 341 g/mol. The summed E-state index contributed by atoms with van der Waals surface area (Å²) >= 11 is 0. The van der Waals surface area contributed by atoms with Crippen molar-refractivity contribution in [3.8, 4) is 28.7 Å². The van der Waals surface area contributed by atoms with Crippen molar-refractivity contribution in [2.24, 2.45) is 0 Å². The van der Waals surface area contributed by atoms with Crippen LogP contribution in [0.15, 0.2) is 71.3 Å². The van der Waals surface area contributed by atoms with Crippen LogP contribution in [0.5, 0.6) is 0 Å². The van der Waals surface area contributed by atoms with Crippen molar-refractivity contribution < 1.29 is 9.34 Å². The lowest BCUT2D eigenvalue weighted by molar-refractivity contribution is -0.383. The predicted octanol–water partition coefficient (Wildman–Crippen LogP) is 4.94. The summed E-state index contributed by atoms with van der Waals surface area (Å²) in [5, 5.41) is 20.6. The maximum Gasteiger partial charge on any atom is 0.278 e. The second-order valence-electron chi connectivity index (χ2n) is 5.64. The highest BCUT2D eigenvalue weighted by Crippen LogP contribution is 2.35. The zero-order valence-corrected chi connectivity index (χ0v) is 13.4. The molecule has 6 heteroatoms. The van der Waals surface area contributed by atoms with Gasteiger partial charge in [0.2, 0.25) is 0 Å². The van der Waals surface area contributed by atoms with Crippen LogP contribution in [0.3, 0.4) is 0 Å². The van der Waals surface area contributed by atoms with Crippen LogP contribution in [0, 0.1) is 21.4 Å². The number of hydrogen-bond acceptors (Lipinski definition) is 5. The molecule has 124 valence electrons. The molecular formula is C20H11N3O3. The molecule has 0 bridgehead atoms. The molecule has 2 aromatic heterocycles. The van der Waals surface area contributed by atoms with Crippen molar-refractivity contribution in [2.75, 3.05) is 0 Å². The Hall–Kier alpha value is -3.98. The molecule has 0 aliphatic rings. The molecule has 0 atom stereocenters. The number of hydrogen-bond donors (Lipinski definition) is 0. The van der Waals surface area contributed by atoms with E-state index in [2.05, 4.69) is 11.1 Å². The molecule has 4 aromatic rings. The number of nitrogens with zero attached hydrogens (tertiary/aromatic N) is 3. The summed E-state index contributed by atoms with van der Waals surface area (Å²) in [6, 6.07) is 19.2. The first-order chi connectivity index (χ1) is 12.7. The second kappa shape index (κ2) is 6.15. The Balaban J connectivity index is 1.82. The highest BCUT2D eigenvalue weighted by molar-refractivity contribution is 5.98. The zero-order valence-electron chi connectivity index (χ0n) is 13.4. The molecule has 0 fully saturated rings. The van der Waals surface area contributed by atoms with Crippen LogP contribution in [-0.4, -0.2) is 9.91 Å². The molecule has 0 N–H and O–H groups in total. The lowest BCUT2D eigenvalue weighted by Crippen LogP contribution is -1.92. The number of fused-ring (bicyclic) bond motifs is 1. The van der Waals surface area contributed by atoms with Gasteiger partial charge in [0.1, 0.15) is 11.5 Å². The van der Waals surface area contributed by atoms with Crippen molar-refractivity contribution in [3.63, 3.8) is 0 Å². The number of benzene rings is 2. The number of nitro groups is 1. The third-order valence-corrected chi connectivity index (χ3v) is 4.11. The molecule has 6 nitrogen and oxygen atoms in total. The van der Waals surface area contributed by atoms with E-state index in [-0.39, 0.29) is 5.69 Å². The average Bonchev–Trinajstić information content (AvgIpc) is 3.17. The van der Waals surface area contributed by atoms with Crippen molar-refractivity contribution in [3.05, 3.63) is 82.5 Å². The first kappa shape index (κ1) is 15.5. The van der Waals surface area contributed by atoms with Gasteiger partial charge in [-0.05, 0) is 54.6 Å². The Kier molecular flexibility index (Phi) is 3.67. The van der Waals surface area contributed by atoms with E-state index >= 15 is 0 Å². The highest BCUT2D eigenvalue weighted by Gasteiger charge is 2.17. The van der Waals surface area contributed by atoms with Gasteiger partial charge in [-0.1, -0.05) is 0 Å². The summed E-state index contributed by atoms with van der Waals surface area (Å²) in [5.41, 5.74) is 2.63. The molecule has 0 unspecified atom stereocenters. The molecule has 0 amide bonds. The number of furan rings is 1. The minimum Gasteiger partial charge on any atom is -0.456 e. The van der Waals surface area contributed by atoms with Crippen molar-refractivity contribution >= 4 is 16.6 Å². The SMILES string of the molecule is N#Cc1ccc(-c2ccc(-c3ccc([N+](=O)[O-])c4cccnc34)o2)cc1.